The molecule has 0 amide bonds. The van der Waals surface area contributed by atoms with E-state index in [0.29, 0.717) is 0 Å². The number of nitrogens with two attached hydrogens (primary N) is 2. The second kappa shape index (κ2) is 10.4. The Kier molecular flexibility index (Phi) is 7.14. The Bertz CT molecular complexity index is 1110. The van der Waals surface area contributed by atoms with Crippen molar-refractivity contribution in [3.63, 3.8) is 0 Å². The summed E-state index contributed by atoms with van der Waals surface area (Å²) in [6.45, 7) is 4.30. The molecule has 4 aromatic rings. The van der Waals surface area contributed by atoms with Crippen LogP contribution in [0.1, 0.15) is 58.4 Å². The van der Waals surface area contributed by atoms with Crippen molar-refractivity contribution in [2.24, 2.45) is 0 Å². The van der Waals surface area contributed by atoms with Gasteiger partial charge in [0.25, 0.3) is 0 Å². The highest BCUT2D eigenvalue weighted by Crippen LogP contribution is 2.23. The molecule has 2 nitrogen and oxygen atoms in total. The van der Waals surface area contributed by atoms with E-state index in [-0.39, 0.29) is 0 Å². The number of benzene rings is 4. The first-order valence-corrected chi connectivity index (χ1v) is 12.0. The fourth-order valence-corrected chi connectivity index (χ4v) is 4.48. The van der Waals surface area contributed by atoms with Gasteiger partial charge in [-0.2, -0.15) is 0 Å². The Balaban J connectivity index is 1.40. The monoisotopic (exact) mass is 434 g/mol. The summed E-state index contributed by atoms with van der Waals surface area (Å²) in [7, 11) is 0. The highest BCUT2D eigenvalue weighted by atomic mass is 14.6. The van der Waals surface area contributed by atoms with Crippen molar-refractivity contribution >= 4 is 11.4 Å². The van der Waals surface area contributed by atoms with E-state index in [9.17, 15) is 0 Å². The largest absolute Gasteiger partial charge is 0.398 e. The number of para-hydroxylation sites is 2. The van der Waals surface area contributed by atoms with Gasteiger partial charge in [0.2, 0.25) is 0 Å². The van der Waals surface area contributed by atoms with Crippen LogP contribution < -0.4 is 11.5 Å². The predicted molar refractivity (Wildman–Crippen MR) is 142 cm³/mol. The van der Waals surface area contributed by atoms with Crippen LogP contribution in [0.5, 0.6) is 0 Å². The molecular weight excluding hydrogens is 400 g/mol. The highest BCUT2D eigenvalue weighted by molar-refractivity contribution is 5.56. The van der Waals surface area contributed by atoms with E-state index >= 15 is 0 Å². The number of anilines is 2. The van der Waals surface area contributed by atoms with Crippen molar-refractivity contribution in [1.29, 1.82) is 0 Å². The van der Waals surface area contributed by atoms with Crippen molar-refractivity contribution in [3.8, 4) is 0 Å². The van der Waals surface area contributed by atoms with E-state index in [1.165, 1.54) is 44.5 Å². The summed E-state index contributed by atoms with van der Waals surface area (Å²) in [5.74, 6) is 0. The Hall–Kier alpha value is -3.52. The summed E-state index contributed by atoms with van der Waals surface area (Å²) < 4.78 is 0. The molecule has 0 spiro atoms. The fourth-order valence-electron chi connectivity index (χ4n) is 4.48. The first-order valence-electron chi connectivity index (χ1n) is 12.0. The van der Waals surface area contributed by atoms with E-state index in [0.717, 1.165) is 43.5 Å². The summed E-state index contributed by atoms with van der Waals surface area (Å²) in [4.78, 5) is 0. The van der Waals surface area contributed by atoms with Crippen molar-refractivity contribution < 1.29 is 0 Å². The minimum Gasteiger partial charge on any atom is -0.398 e. The molecule has 0 fully saturated rings. The van der Waals surface area contributed by atoms with Gasteiger partial charge < -0.3 is 11.5 Å². The van der Waals surface area contributed by atoms with Gasteiger partial charge in [0, 0.05) is 11.4 Å². The van der Waals surface area contributed by atoms with Gasteiger partial charge in [0.15, 0.2) is 0 Å². The lowest BCUT2D eigenvalue weighted by molar-refractivity contribution is 1.10. The fraction of sp³-hybridized carbons (Fsp3) is 0.226. The van der Waals surface area contributed by atoms with Crippen LogP contribution in [-0.4, -0.2) is 0 Å². The SMILES string of the molecule is CCc1cccc(Cc2ccc(Cc3ccc(Cc4cccc(CC)c4N)cc3)cc2)c1N. The van der Waals surface area contributed by atoms with Gasteiger partial charge in [-0.05, 0) is 76.6 Å². The maximum atomic E-state index is 6.35. The lowest BCUT2D eigenvalue weighted by Gasteiger charge is -2.11. The van der Waals surface area contributed by atoms with Gasteiger partial charge in [-0.1, -0.05) is 98.8 Å². The second-order valence-corrected chi connectivity index (χ2v) is 8.85. The molecule has 0 atom stereocenters. The second-order valence-electron chi connectivity index (χ2n) is 8.85. The number of hydrogen-bond donors (Lipinski definition) is 2. The Morgan fingerprint density at radius 1 is 0.424 bits per heavy atom. The predicted octanol–water partition coefficient (Wildman–Crippen LogP) is 6.75. The third-order valence-electron chi connectivity index (χ3n) is 6.58. The lowest BCUT2D eigenvalue weighted by Crippen LogP contribution is -2.00. The third-order valence-corrected chi connectivity index (χ3v) is 6.58. The number of aryl methyl sites for hydroxylation is 2. The number of hydrogen-bond acceptors (Lipinski definition) is 2. The summed E-state index contributed by atoms with van der Waals surface area (Å²) in [6, 6.07) is 30.6. The van der Waals surface area contributed by atoms with Crippen molar-refractivity contribution in [3.05, 3.63) is 129 Å². The van der Waals surface area contributed by atoms with Crippen LogP contribution in [0.4, 0.5) is 11.4 Å². The molecule has 168 valence electrons. The molecule has 0 bridgehead atoms. The standard InChI is InChI=1S/C31H34N2/c1-3-26-7-5-9-28(30(26)32)20-24-15-11-22(12-16-24)19-23-13-17-25(18-14-23)21-29-10-6-8-27(4-2)31(29)33/h5-18H,3-4,19-21,32-33H2,1-2H3. The van der Waals surface area contributed by atoms with Crippen molar-refractivity contribution in [2.75, 3.05) is 11.5 Å². The first-order chi connectivity index (χ1) is 16.1. The zero-order chi connectivity index (χ0) is 23.2. The van der Waals surface area contributed by atoms with Gasteiger partial charge >= 0.3 is 0 Å². The van der Waals surface area contributed by atoms with Gasteiger partial charge in [0.1, 0.15) is 0 Å². The molecule has 4 aromatic carbocycles. The minimum atomic E-state index is 0.872. The smallest absolute Gasteiger partial charge is 0.0382 e. The number of rotatable bonds is 8. The maximum absolute atomic E-state index is 6.35. The Labute approximate surface area is 198 Å². The van der Waals surface area contributed by atoms with E-state index in [2.05, 4.69) is 98.8 Å². The summed E-state index contributed by atoms with van der Waals surface area (Å²) in [5, 5.41) is 0. The van der Waals surface area contributed by atoms with Crippen LogP contribution in [0.25, 0.3) is 0 Å². The maximum Gasteiger partial charge on any atom is 0.0382 e. The van der Waals surface area contributed by atoms with E-state index in [4.69, 9.17) is 11.5 Å². The van der Waals surface area contributed by atoms with Gasteiger partial charge in [-0.3, -0.25) is 0 Å². The van der Waals surface area contributed by atoms with Crippen LogP contribution in [-0.2, 0) is 32.1 Å². The van der Waals surface area contributed by atoms with E-state index in [1.807, 2.05) is 0 Å². The number of nitrogen functional groups attached to an aromatic ring is 2. The van der Waals surface area contributed by atoms with Crippen LogP contribution in [0.15, 0.2) is 84.9 Å². The molecule has 0 aliphatic carbocycles. The minimum absolute atomic E-state index is 0.872. The molecule has 0 aromatic heterocycles. The summed E-state index contributed by atoms with van der Waals surface area (Å²) in [6.07, 6.45) is 4.61. The van der Waals surface area contributed by atoms with Crippen LogP contribution >= 0.6 is 0 Å². The average molecular weight is 435 g/mol. The topological polar surface area (TPSA) is 52.0 Å². The van der Waals surface area contributed by atoms with Gasteiger partial charge in [-0.15, -0.1) is 0 Å². The van der Waals surface area contributed by atoms with Gasteiger partial charge in [-0.25, -0.2) is 0 Å². The molecule has 0 aliphatic heterocycles. The van der Waals surface area contributed by atoms with Crippen LogP contribution in [0.3, 0.4) is 0 Å². The van der Waals surface area contributed by atoms with E-state index < -0.39 is 0 Å². The molecular formula is C31H34N2. The van der Waals surface area contributed by atoms with Gasteiger partial charge in [0.05, 0.1) is 0 Å². The highest BCUT2D eigenvalue weighted by Gasteiger charge is 2.07. The summed E-state index contributed by atoms with van der Waals surface area (Å²) >= 11 is 0. The molecule has 4 rings (SSSR count). The van der Waals surface area contributed by atoms with E-state index in [1.54, 1.807) is 0 Å². The Morgan fingerprint density at radius 3 is 1.06 bits per heavy atom. The van der Waals surface area contributed by atoms with Crippen molar-refractivity contribution in [2.45, 2.75) is 46.0 Å². The first kappa shape index (κ1) is 22.7. The van der Waals surface area contributed by atoms with Crippen molar-refractivity contribution in [1.82, 2.24) is 0 Å². The molecule has 0 radical (unpaired) electrons. The zero-order valence-corrected chi connectivity index (χ0v) is 19.8. The van der Waals surface area contributed by atoms with Crippen LogP contribution in [0.2, 0.25) is 0 Å². The molecule has 4 N–H and O–H groups in total. The molecule has 0 heterocycles. The average Bonchev–Trinajstić information content (AvgIpc) is 2.84. The third kappa shape index (κ3) is 5.46. The Morgan fingerprint density at radius 2 is 0.727 bits per heavy atom. The molecule has 33 heavy (non-hydrogen) atoms. The summed E-state index contributed by atoms with van der Waals surface area (Å²) in [5.41, 5.74) is 24.7. The molecule has 0 saturated carbocycles. The molecule has 0 saturated heterocycles. The normalized spacial score (nSPS) is 11.0. The van der Waals surface area contributed by atoms with Crippen LogP contribution in [0, 0.1) is 0 Å². The molecule has 0 aliphatic rings. The lowest BCUT2D eigenvalue weighted by atomic mass is 9.96. The molecule has 0 unspecified atom stereocenters. The zero-order valence-electron chi connectivity index (χ0n) is 19.8. The molecule has 2 heteroatoms. The quantitative estimate of drug-likeness (QED) is 0.301.